The number of unbranched alkanes of at least 4 members (excludes halogenated alkanes) is 5. The standard InChI is InChI=1S/C22H40O16S.Na/c1-33-14(25)8-6-4-2-3-5-7-9-34-21-17(28)15(26)19(12(10-23)35-21)37-22-18(29)16(27)20(13(11-24)36-22)38-39(30,31)32;/h12-13,15-24,26-29H,2-11H2,1H3,(H,30,31,32);/q;+1/p-1/t12-,13-,15-,16-,17-,18-,19-,20+,21-,22+;/m1./s1. The third-order valence-electron chi connectivity index (χ3n) is 6.45. The molecule has 0 aromatic carbocycles. The Balaban J connectivity index is 0.00000800. The number of aliphatic hydroxyl groups is 6. The Bertz CT molecular complexity index is 830. The van der Waals surface area contributed by atoms with Gasteiger partial charge in [0.05, 0.1) is 20.3 Å². The van der Waals surface area contributed by atoms with Crippen molar-refractivity contribution in [2.45, 2.75) is 106 Å². The van der Waals surface area contributed by atoms with Crippen molar-refractivity contribution in [3.8, 4) is 0 Å². The summed E-state index contributed by atoms with van der Waals surface area (Å²) in [5, 5.41) is 60.9. The van der Waals surface area contributed by atoms with E-state index in [9.17, 15) is 48.4 Å². The van der Waals surface area contributed by atoms with E-state index in [0.29, 0.717) is 12.8 Å². The van der Waals surface area contributed by atoms with E-state index in [-0.39, 0.29) is 42.1 Å². The van der Waals surface area contributed by atoms with Crippen LogP contribution in [0.15, 0.2) is 0 Å². The van der Waals surface area contributed by atoms with E-state index in [1.807, 2.05) is 0 Å². The topological polar surface area (TPSA) is 251 Å². The number of hydrogen-bond donors (Lipinski definition) is 6. The number of aliphatic hydroxyl groups excluding tert-OH is 6. The van der Waals surface area contributed by atoms with Crippen LogP contribution < -0.4 is 29.6 Å². The molecule has 0 radical (unpaired) electrons. The van der Waals surface area contributed by atoms with E-state index in [2.05, 4.69) is 8.92 Å². The maximum Gasteiger partial charge on any atom is 1.00 e. The van der Waals surface area contributed by atoms with E-state index in [1.54, 1.807) is 0 Å². The number of methoxy groups -OCH3 is 1. The van der Waals surface area contributed by atoms with Gasteiger partial charge in [0.15, 0.2) is 12.6 Å². The minimum Gasteiger partial charge on any atom is -0.726 e. The molecule has 16 nitrogen and oxygen atoms in total. The maximum absolute atomic E-state index is 11.1. The SMILES string of the molecule is COC(=O)CCCCCCCCO[C@@H]1O[C@H](CO)[C@@H](O[C@@H]2O[C@H](CO)[C@H](OS(=O)(=O)[O-])[C@H](O)[C@H]2O)[C@H](O)[C@H]1O.[Na+]. The second-order valence-corrected chi connectivity index (χ2v) is 10.3. The molecule has 2 fully saturated rings. The van der Waals surface area contributed by atoms with E-state index in [4.69, 9.17) is 18.9 Å². The van der Waals surface area contributed by atoms with Crippen molar-refractivity contribution >= 4 is 16.4 Å². The Morgan fingerprint density at radius 2 is 1.30 bits per heavy atom. The van der Waals surface area contributed by atoms with Crippen LogP contribution in [0.25, 0.3) is 0 Å². The normalized spacial score (nSPS) is 34.7. The van der Waals surface area contributed by atoms with E-state index < -0.39 is 85.0 Å². The Morgan fingerprint density at radius 3 is 1.88 bits per heavy atom. The van der Waals surface area contributed by atoms with Gasteiger partial charge in [-0.2, -0.15) is 0 Å². The van der Waals surface area contributed by atoms with Crippen LogP contribution in [0.3, 0.4) is 0 Å². The van der Waals surface area contributed by atoms with Gasteiger partial charge in [-0.3, -0.25) is 8.98 Å². The van der Waals surface area contributed by atoms with Crippen molar-refractivity contribution in [2.24, 2.45) is 0 Å². The van der Waals surface area contributed by atoms with Gasteiger partial charge in [0.1, 0.15) is 48.8 Å². The van der Waals surface area contributed by atoms with Gasteiger partial charge in [-0.15, -0.1) is 0 Å². The predicted octanol–water partition coefficient (Wildman–Crippen LogP) is -5.98. The third kappa shape index (κ3) is 11.6. The minimum atomic E-state index is -5.33. The molecule has 0 unspecified atom stereocenters. The smallest absolute Gasteiger partial charge is 0.726 e. The summed E-state index contributed by atoms with van der Waals surface area (Å²) in [6.07, 6.45) is -11.7. The molecule has 0 bridgehead atoms. The summed E-state index contributed by atoms with van der Waals surface area (Å²) in [4.78, 5) is 11.1. The van der Waals surface area contributed by atoms with Gasteiger partial charge in [0.25, 0.3) is 0 Å². The van der Waals surface area contributed by atoms with Crippen LogP contribution in [0.4, 0.5) is 0 Å². The van der Waals surface area contributed by atoms with Gasteiger partial charge in [-0.05, 0) is 12.8 Å². The largest absolute Gasteiger partial charge is 1.00 e. The van der Waals surface area contributed by atoms with Gasteiger partial charge in [-0.25, -0.2) is 8.42 Å². The predicted molar refractivity (Wildman–Crippen MR) is 125 cm³/mol. The first-order valence-electron chi connectivity index (χ1n) is 12.7. The minimum absolute atomic E-state index is 0. The molecule has 230 valence electrons. The zero-order valence-corrected chi connectivity index (χ0v) is 25.3. The van der Waals surface area contributed by atoms with Crippen molar-refractivity contribution < 1.29 is 106 Å². The summed E-state index contributed by atoms with van der Waals surface area (Å²) >= 11 is 0. The molecule has 2 aliphatic rings. The van der Waals surface area contributed by atoms with Crippen molar-refractivity contribution in [1.82, 2.24) is 0 Å². The summed E-state index contributed by atoms with van der Waals surface area (Å²) in [5.41, 5.74) is 0. The number of esters is 1. The van der Waals surface area contributed by atoms with Crippen LogP contribution in [0.2, 0.25) is 0 Å². The molecule has 6 N–H and O–H groups in total. The second-order valence-electron chi connectivity index (χ2n) is 9.30. The van der Waals surface area contributed by atoms with Gasteiger partial charge in [0.2, 0.25) is 10.4 Å². The fourth-order valence-corrected chi connectivity index (χ4v) is 4.82. The van der Waals surface area contributed by atoms with E-state index >= 15 is 0 Å². The van der Waals surface area contributed by atoms with E-state index in [0.717, 1.165) is 32.1 Å². The fourth-order valence-electron chi connectivity index (χ4n) is 4.31. The van der Waals surface area contributed by atoms with Crippen molar-refractivity contribution in [3.05, 3.63) is 0 Å². The number of hydrogen-bond acceptors (Lipinski definition) is 16. The molecule has 0 amide bonds. The van der Waals surface area contributed by atoms with Crippen LogP contribution in [0.5, 0.6) is 0 Å². The molecular formula is C22H39NaO16S. The first-order chi connectivity index (χ1) is 18.4. The van der Waals surface area contributed by atoms with Gasteiger partial charge >= 0.3 is 35.5 Å². The first-order valence-corrected chi connectivity index (χ1v) is 14.0. The molecule has 0 aliphatic carbocycles. The number of carbonyl (C=O) groups excluding carboxylic acids is 1. The molecule has 18 heteroatoms. The quantitative estimate of drug-likeness (QED) is 0.0311. The molecule has 0 spiro atoms. The average Bonchev–Trinajstić information content (AvgIpc) is 2.89. The van der Waals surface area contributed by atoms with Crippen molar-refractivity contribution in [1.29, 1.82) is 0 Å². The number of rotatable bonds is 16. The number of ether oxygens (including phenoxy) is 5. The molecule has 10 atom stereocenters. The van der Waals surface area contributed by atoms with Crippen LogP contribution in [-0.4, -0.2) is 138 Å². The summed E-state index contributed by atoms with van der Waals surface area (Å²) in [6.45, 7) is -1.48. The fraction of sp³-hybridized carbons (Fsp3) is 0.955. The second kappa shape index (κ2) is 18.6. The summed E-state index contributed by atoms with van der Waals surface area (Å²) in [7, 11) is -3.99. The van der Waals surface area contributed by atoms with Crippen LogP contribution in [0, 0.1) is 0 Å². The van der Waals surface area contributed by atoms with Gasteiger partial charge in [0, 0.05) is 13.0 Å². The molecule has 40 heavy (non-hydrogen) atoms. The van der Waals surface area contributed by atoms with E-state index in [1.165, 1.54) is 7.11 Å². The molecule has 2 heterocycles. The Kier molecular flexibility index (Phi) is 17.6. The molecule has 0 aromatic rings. The van der Waals surface area contributed by atoms with Crippen LogP contribution in [0.1, 0.15) is 44.9 Å². The molecular weight excluding hydrogens is 575 g/mol. The molecule has 0 aromatic heterocycles. The summed E-state index contributed by atoms with van der Waals surface area (Å²) in [5.74, 6) is -0.239. The molecule has 2 rings (SSSR count). The monoisotopic (exact) mass is 614 g/mol. The maximum atomic E-state index is 11.1. The number of carbonyl (C=O) groups is 1. The van der Waals surface area contributed by atoms with Crippen LogP contribution >= 0.6 is 0 Å². The average molecular weight is 615 g/mol. The van der Waals surface area contributed by atoms with Crippen LogP contribution in [-0.2, 0) is 43.1 Å². The zero-order chi connectivity index (χ0) is 29.2. The van der Waals surface area contributed by atoms with Crippen molar-refractivity contribution in [3.63, 3.8) is 0 Å². The summed E-state index contributed by atoms with van der Waals surface area (Å²) < 4.78 is 63.3. The first kappa shape index (κ1) is 38.0. The van der Waals surface area contributed by atoms with Gasteiger partial charge < -0.3 is 58.9 Å². The van der Waals surface area contributed by atoms with Crippen molar-refractivity contribution in [2.75, 3.05) is 26.9 Å². The Labute approximate surface area is 254 Å². The summed E-state index contributed by atoms with van der Waals surface area (Å²) in [6, 6.07) is 0. The Morgan fingerprint density at radius 1 is 0.800 bits per heavy atom. The molecule has 0 saturated carbocycles. The Hall–Kier alpha value is -0.0600. The molecule has 2 aliphatic heterocycles. The molecule has 2 saturated heterocycles. The van der Waals surface area contributed by atoms with Gasteiger partial charge in [-0.1, -0.05) is 25.7 Å². The zero-order valence-electron chi connectivity index (χ0n) is 22.5. The third-order valence-corrected chi connectivity index (χ3v) is 6.90.